The molecule has 88 valence electrons. The summed E-state index contributed by atoms with van der Waals surface area (Å²) in [4.78, 5) is 4.77. The number of nitrogens with one attached hydrogen (secondary N) is 1. The van der Waals surface area contributed by atoms with Crippen molar-refractivity contribution >= 4 is 21.8 Å². The predicted molar refractivity (Wildman–Crippen MR) is 74.7 cm³/mol. The maximum atomic E-state index is 4.77. The maximum Gasteiger partial charge on any atom is 0.0712 e. The van der Waals surface area contributed by atoms with E-state index in [4.69, 9.17) is 4.98 Å². The fourth-order valence-corrected chi connectivity index (χ4v) is 2.76. The summed E-state index contributed by atoms with van der Waals surface area (Å²) in [6.45, 7) is 2.06. The summed E-state index contributed by atoms with van der Waals surface area (Å²) in [7, 11) is 0. The number of nitrogens with zero attached hydrogens (tertiary/aromatic N) is 1. The molecule has 2 nitrogen and oxygen atoms in total. The van der Waals surface area contributed by atoms with Crippen molar-refractivity contribution in [3.8, 4) is 0 Å². The quantitative estimate of drug-likeness (QED) is 0.605. The Bertz CT molecular complexity index is 683. The molecule has 0 unspecified atom stereocenters. The number of rotatable bonds is 0. The molecule has 2 heterocycles. The largest absolute Gasteiger partial charge is 0.312 e. The van der Waals surface area contributed by atoms with Crippen molar-refractivity contribution in [3.63, 3.8) is 0 Å². The summed E-state index contributed by atoms with van der Waals surface area (Å²) in [6, 6.07) is 15.1. The van der Waals surface area contributed by atoms with E-state index in [0.717, 1.165) is 30.5 Å². The second kappa shape index (κ2) is 3.79. The zero-order valence-electron chi connectivity index (χ0n) is 10.1. The number of hydrogen-bond acceptors (Lipinski definition) is 2. The highest BCUT2D eigenvalue weighted by molar-refractivity contribution is 5.93. The van der Waals surface area contributed by atoms with E-state index < -0.39 is 0 Å². The van der Waals surface area contributed by atoms with Crippen molar-refractivity contribution in [3.05, 3.63) is 53.6 Å². The minimum atomic E-state index is 0.984. The molecule has 3 aromatic rings. The highest BCUT2D eigenvalue weighted by Crippen LogP contribution is 2.24. The fraction of sp³-hybridized carbons (Fsp3) is 0.188. The standard InChI is InChI=1S/C16H14N2/c1-2-4-15-12(3-1)7-13-8-14-10-17-6-5-11(14)9-16(13)18-15/h1-4,7-9,17H,5-6,10H2. The lowest BCUT2D eigenvalue weighted by Gasteiger charge is -2.17. The smallest absolute Gasteiger partial charge is 0.0712 e. The van der Waals surface area contributed by atoms with Crippen LogP contribution in [0, 0.1) is 0 Å². The molecule has 1 aliphatic heterocycles. The Hall–Kier alpha value is -1.93. The number of fused-ring (bicyclic) bond motifs is 3. The number of benzene rings is 2. The van der Waals surface area contributed by atoms with Crippen molar-refractivity contribution < 1.29 is 0 Å². The molecule has 2 heteroatoms. The molecular weight excluding hydrogens is 220 g/mol. The van der Waals surface area contributed by atoms with Crippen LogP contribution in [0.2, 0.25) is 0 Å². The van der Waals surface area contributed by atoms with E-state index in [0.29, 0.717) is 0 Å². The molecule has 0 bridgehead atoms. The minimum Gasteiger partial charge on any atom is -0.312 e. The van der Waals surface area contributed by atoms with Gasteiger partial charge < -0.3 is 5.32 Å². The van der Waals surface area contributed by atoms with Crippen molar-refractivity contribution in [1.29, 1.82) is 0 Å². The lowest BCUT2D eigenvalue weighted by molar-refractivity contribution is 0.645. The Balaban J connectivity index is 2.05. The lowest BCUT2D eigenvalue weighted by Crippen LogP contribution is -2.23. The van der Waals surface area contributed by atoms with Crippen LogP contribution in [-0.2, 0) is 13.0 Å². The van der Waals surface area contributed by atoms with Crippen LogP contribution in [0.15, 0.2) is 42.5 Å². The molecule has 1 aliphatic rings. The van der Waals surface area contributed by atoms with Crippen molar-refractivity contribution in [1.82, 2.24) is 10.3 Å². The SMILES string of the molecule is c1ccc2nc3cc4c(cc3cc2c1)CNCC4. The van der Waals surface area contributed by atoms with Gasteiger partial charge in [-0.2, -0.15) is 0 Å². The van der Waals surface area contributed by atoms with E-state index in [1.807, 2.05) is 6.07 Å². The van der Waals surface area contributed by atoms with E-state index in [-0.39, 0.29) is 0 Å². The average molecular weight is 234 g/mol. The van der Waals surface area contributed by atoms with Gasteiger partial charge in [0.2, 0.25) is 0 Å². The van der Waals surface area contributed by atoms with Gasteiger partial charge in [-0.3, -0.25) is 0 Å². The van der Waals surface area contributed by atoms with Gasteiger partial charge in [-0.05, 0) is 48.4 Å². The summed E-state index contributed by atoms with van der Waals surface area (Å²) in [5.41, 5.74) is 5.07. The van der Waals surface area contributed by atoms with Crippen LogP contribution in [0.25, 0.3) is 21.8 Å². The van der Waals surface area contributed by atoms with Gasteiger partial charge in [-0.1, -0.05) is 18.2 Å². The van der Waals surface area contributed by atoms with E-state index in [1.54, 1.807) is 0 Å². The molecule has 1 N–H and O–H groups in total. The predicted octanol–water partition coefficient (Wildman–Crippen LogP) is 3.03. The first-order chi connectivity index (χ1) is 8.90. The Kier molecular flexibility index (Phi) is 2.11. The number of pyridine rings is 1. The van der Waals surface area contributed by atoms with E-state index in [2.05, 4.69) is 41.7 Å². The van der Waals surface area contributed by atoms with Crippen LogP contribution in [-0.4, -0.2) is 11.5 Å². The minimum absolute atomic E-state index is 0.984. The molecule has 0 fully saturated rings. The topological polar surface area (TPSA) is 24.9 Å². The van der Waals surface area contributed by atoms with Crippen molar-refractivity contribution in [2.24, 2.45) is 0 Å². The molecule has 0 radical (unpaired) electrons. The van der Waals surface area contributed by atoms with Gasteiger partial charge in [0, 0.05) is 17.3 Å². The lowest BCUT2D eigenvalue weighted by atomic mass is 9.98. The number of para-hydroxylation sites is 1. The molecule has 18 heavy (non-hydrogen) atoms. The summed E-state index contributed by atoms with van der Waals surface area (Å²) in [6.07, 6.45) is 1.11. The third-order valence-electron chi connectivity index (χ3n) is 3.72. The van der Waals surface area contributed by atoms with Crippen LogP contribution in [0.3, 0.4) is 0 Å². The van der Waals surface area contributed by atoms with Crippen LogP contribution in [0.4, 0.5) is 0 Å². The molecule has 4 rings (SSSR count). The number of aromatic nitrogens is 1. The van der Waals surface area contributed by atoms with Gasteiger partial charge in [-0.25, -0.2) is 4.98 Å². The normalized spacial score (nSPS) is 14.9. The number of hydrogen-bond donors (Lipinski definition) is 1. The third-order valence-corrected chi connectivity index (χ3v) is 3.72. The molecule has 0 atom stereocenters. The van der Waals surface area contributed by atoms with E-state index in [1.165, 1.54) is 21.9 Å². The Morgan fingerprint density at radius 1 is 0.889 bits per heavy atom. The van der Waals surface area contributed by atoms with Gasteiger partial charge in [0.15, 0.2) is 0 Å². The van der Waals surface area contributed by atoms with Gasteiger partial charge in [-0.15, -0.1) is 0 Å². The summed E-state index contributed by atoms with van der Waals surface area (Å²) < 4.78 is 0. The Morgan fingerprint density at radius 2 is 1.83 bits per heavy atom. The first kappa shape index (κ1) is 10.0. The molecule has 0 aliphatic carbocycles. The van der Waals surface area contributed by atoms with Crippen molar-refractivity contribution in [2.75, 3.05) is 6.54 Å². The molecule has 2 aromatic carbocycles. The summed E-state index contributed by atoms with van der Waals surface area (Å²) in [5.74, 6) is 0. The second-order valence-corrected chi connectivity index (χ2v) is 4.92. The zero-order valence-corrected chi connectivity index (χ0v) is 10.1. The molecule has 0 saturated heterocycles. The van der Waals surface area contributed by atoms with Gasteiger partial charge in [0.25, 0.3) is 0 Å². The molecule has 1 aromatic heterocycles. The van der Waals surface area contributed by atoms with Crippen LogP contribution >= 0.6 is 0 Å². The highest BCUT2D eigenvalue weighted by Gasteiger charge is 2.10. The Labute approximate surface area is 106 Å². The molecule has 0 spiro atoms. The van der Waals surface area contributed by atoms with E-state index >= 15 is 0 Å². The highest BCUT2D eigenvalue weighted by atomic mass is 14.9. The first-order valence-electron chi connectivity index (χ1n) is 6.42. The van der Waals surface area contributed by atoms with Gasteiger partial charge in [0.1, 0.15) is 0 Å². The second-order valence-electron chi connectivity index (χ2n) is 4.92. The van der Waals surface area contributed by atoms with Crippen LogP contribution in [0.1, 0.15) is 11.1 Å². The van der Waals surface area contributed by atoms with Crippen LogP contribution in [0.5, 0.6) is 0 Å². The molecule has 0 saturated carbocycles. The maximum absolute atomic E-state index is 4.77. The first-order valence-corrected chi connectivity index (χ1v) is 6.42. The van der Waals surface area contributed by atoms with Crippen LogP contribution < -0.4 is 5.32 Å². The van der Waals surface area contributed by atoms with Gasteiger partial charge in [0.05, 0.1) is 11.0 Å². The van der Waals surface area contributed by atoms with Gasteiger partial charge >= 0.3 is 0 Å². The fourth-order valence-electron chi connectivity index (χ4n) is 2.76. The summed E-state index contributed by atoms with van der Waals surface area (Å²) >= 11 is 0. The third kappa shape index (κ3) is 1.50. The molecule has 0 amide bonds. The monoisotopic (exact) mass is 234 g/mol. The van der Waals surface area contributed by atoms with Crippen molar-refractivity contribution in [2.45, 2.75) is 13.0 Å². The molecular formula is C16H14N2. The zero-order chi connectivity index (χ0) is 11.9. The Morgan fingerprint density at radius 3 is 2.83 bits per heavy atom. The van der Waals surface area contributed by atoms with E-state index in [9.17, 15) is 0 Å². The average Bonchev–Trinajstić information content (AvgIpc) is 2.42. The summed E-state index contributed by atoms with van der Waals surface area (Å²) in [5, 5.41) is 5.89.